The molecule has 3 fully saturated rings. The Morgan fingerprint density at radius 2 is 1.94 bits per heavy atom. The lowest BCUT2D eigenvalue weighted by atomic mass is 9.63. The largest absolute Gasteiger partial charge is 0.394 e. The van der Waals surface area contributed by atoms with Crippen molar-refractivity contribution >= 4 is 5.91 Å². The maximum atomic E-state index is 11.6. The molecular formula is C23H39NO7. The van der Waals surface area contributed by atoms with E-state index >= 15 is 0 Å². The number of nitrogens with one attached hydrogen (secondary N) is 1. The zero-order chi connectivity index (χ0) is 22.9. The van der Waals surface area contributed by atoms with Gasteiger partial charge in [0.1, 0.15) is 24.4 Å². The molecule has 0 unspecified atom stereocenters. The van der Waals surface area contributed by atoms with Gasteiger partial charge in [-0.25, -0.2) is 0 Å². The zero-order valence-electron chi connectivity index (χ0n) is 19.1. The van der Waals surface area contributed by atoms with Gasteiger partial charge in [0.25, 0.3) is 0 Å². The van der Waals surface area contributed by atoms with Crippen LogP contribution in [0.1, 0.15) is 53.4 Å². The van der Waals surface area contributed by atoms with Crippen LogP contribution in [-0.4, -0.2) is 76.8 Å². The molecule has 1 amide bonds. The standard InChI is InChI=1S/C23H39NO7/c1-12-5-6-15-16(12)7-23(3,4)8-17(15)14(9-25)11-30-22-19(24-13(2)27)21(29)20(28)18(10-26)31-22/h12,15-16,18-22,25-26,28-29H,5-11H2,1-4H3,(H,24,27)/b17-14+/t12-,15-,16-,18+,19+,20+,21+,22-/m0/s1. The van der Waals surface area contributed by atoms with Crippen molar-refractivity contribution in [3.63, 3.8) is 0 Å². The Labute approximate surface area is 184 Å². The van der Waals surface area contributed by atoms with Crippen LogP contribution in [-0.2, 0) is 14.3 Å². The molecular weight excluding hydrogens is 402 g/mol. The second kappa shape index (κ2) is 9.85. The van der Waals surface area contributed by atoms with E-state index in [-0.39, 0.29) is 18.6 Å². The molecule has 5 N–H and O–H groups in total. The molecule has 0 bridgehead atoms. The number of aliphatic hydroxyl groups excluding tert-OH is 4. The predicted octanol–water partition coefficient (Wildman–Crippen LogP) is 0.718. The zero-order valence-corrected chi connectivity index (χ0v) is 19.1. The van der Waals surface area contributed by atoms with E-state index in [1.165, 1.54) is 25.3 Å². The first kappa shape index (κ1) is 24.6. The summed E-state index contributed by atoms with van der Waals surface area (Å²) in [5.41, 5.74) is 2.24. The third-order valence-corrected chi connectivity index (χ3v) is 7.40. The molecule has 0 radical (unpaired) electrons. The molecule has 0 aromatic rings. The van der Waals surface area contributed by atoms with Crippen LogP contribution in [0.4, 0.5) is 0 Å². The number of fused-ring (bicyclic) bond motifs is 1. The number of hydrogen-bond acceptors (Lipinski definition) is 7. The fraction of sp³-hybridized carbons (Fsp3) is 0.870. The van der Waals surface area contributed by atoms with Crippen molar-refractivity contribution in [1.29, 1.82) is 0 Å². The number of carbonyl (C=O) groups excluding carboxylic acids is 1. The van der Waals surface area contributed by atoms with Gasteiger partial charge in [0.2, 0.25) is 5.91 Å². The van der Waals surface area contributed by atoms with Gasteiger partial charge in [-0.2, -0.15) is 0 Å². The van der Waals surface area contributed by atoms with Crippen LogP contribution in [0.3, 0.4) is 0 Å². The Hall–Kier alpha value is -1.03. The van der Waals surface area contributed by atoms with Gasteiger partial charge in [0, 0.05) is 6.92 Å². The minimum absolute atomic E-state index is 0.0984. The summed E-state index contributed by atoms with van der Waals surface area (Å²) < 4.78 is 11.6. The molecule has 8 heteroatoms. The van der Waals surface area contributed by atoms with E-state index in [0.717, 1.165) is 18.4 Å². The molecule has 178 valence electrons. The molecule has 1 aliphatic heterocycles. The van der Waals surface area contributed by atoms with Crippen molar-refractivity contribution in [2.75, 3.05) is 19.8 Å². The molecule has 0 aromatic heterocycles. The van der Waals surface area contributed by atoms with Gasteiger partial charge in [0.15, 0.2) is 6.29 Å². The summed E-state index contributed by atoms with van der Waals surface area (Å²) in [5.74, 6) is 1.32. The fourth-order valence-corrected chi connectivity index (χ4v) is 5.82. The second-order valence-corrected chi connectivity index (χ2v) is 10.4. The van der Waals surface area contributed by atoms with Crippen molar-refractivity contribution in [2.24, 2.45) is 23.2 Å². The van der Waals surface area contributed by atoms with Crippen LogP contribution in [0.15, 0.2) is 11.1 Å². The summed E-state index contributed by atoms with van der Waals surface area (Å²) in [6, 6.07) is -0.984. The normalized spacial score (nSPS) is 41.5. The molecule has 0 aromatic carbocycles. The highest BCUT2D eigenvalue weighted by Gasteiger charge is 2.47. The lowest BCUT2D eigenvalue weighted by Crippen LogP contribution is -2.64. The molecule has 8 nitrogen and oxygen atoms in total. The lowest BCUT2D eigenvalue weighted by molar-refractivity contribution is -0.268. The van der Waals surface area contributed by atoms with Crippen LogP contribution >= 0.6 is 0 Å². The van der Waals surface area contributed by atoms with Gasteiger partial charge < -0.3 is 35.2 Å². The molecule has 31 heavy (non-hydrogen) atoms. The highest BCUT2D eigenvalue weighted by Crippen LogP contribution is 2.54. The first-order valence-electron chi connectivity index (χ1n) is 11.4. The first-order chi connectivity index (χ1) is 14.6. The van der Waals surface area contributed by atoms with Crippen LogP contribution in [0.2, 0.25) is 0 Å². The lowest BCUT2D eigenvalue weighted by Gasteiger charge is -2.43. The summed E-state index contributed by atoms with van der Waals surface area (Å²) in [4.78, 5) is 11.6. The average molecular weight is 442 g/mol. The number of rotatable bonds is 6. The molecule has 3 rings (SSSR count). The first-order valence-corrected chi connectivity index (χ1v) is 11.4. The van der Waals surface area contributed by atoms with Crippen LogP contribution in [0.25, 0.3) is 0 Å². The smallest absolute Gasteiger partial charge is 0.217 e. The van der Waals surface area contributed by atoms with Crippen molar-refractivity contribution in [2.45, 2.75) is 84.0 Å². The van der Waals surface area contributed by atoms with Crippen LogP contribution in [0.5, 0.6) is 0 Å². The van der Waals surface area contributed by atoms with Gasteiger partial charge in [-0.1, -0.05) is 26.3 Å². The average Bonchev–Trinajstić information content (AvgIpc) is 3.06. The maximum Gasteiger partial charge on any atom is 0.217 e. The minimum atomic E-state index is -1.35. The summed E-state index contributed by atoms with van der Waals surface area (Å²) in [6.07, 6.45) is -0.391. The molecule has 1 saturated heterocycles. The van der Waals surface area contributed by atoms with E-state index in [0.29, 0.717) is 17.8 Å². The summed E-state index contributed by atoms with van der Waals surface area (Å²) in [5, 5.41) is 42.9. The Morgan fingerprint density at radius 1 is 1.23 bits per heavy atom. The third kappa shape index (κ3) is 5.31. The van der Waals surface area contributed by atoms with Crippen molar-refractivity contribution in [3.8, 4) is 0 Å². The molecule has 2 saturated carbocycles. The number of carbonyl (C=O) groups is 1. The van der Waals surface area contributed by atoms with Crippen molar-refractivity contribution in [3.05, 3.63) is 11.1 Å². The second-order valence-electron chi connectivity index (χ2n) is 10.4. The quantitative estimate of drug-likeness (QED) is 0.384. The van der Waals surface area contributed by atoms with Crippen molar-refractivity contribution < 1.29 is 34.7 Å². The van der Waals surface area contributed by atoms with Crippen molar-refractivity contribution in [1.82, 2.24) is 5.32 Å². The fourth-order valence-electron chi connectivity index (χ4n) is 5.82. The van der Waals surface area contributed by atoms with E-state index in [9.17, 15) is 25.2 Å². The van der Waals surface area contributed by atoms with Gasteiger partial charge in [0.05, 0.1) is 19.8 Å². The number of hydrogen-bond donors (Lipinski definition) is 5. The van der Waals surface area contributed by atoms with E-state index in [1.54, 1.807) is 0 Å². The van der Waals surface area contributed by atoms with E-state index in [4.69, 9.17) is 9.47 Å². The molecule has 8 atom stereocenters. The maximum absolute atomic E-state index is 11.6. The van der Waals surface area contributed by atoms with Gasteiger partial charge in [-0.05, 0) is 54.4 Å². The predicted molar refractivity (Wildman–Crippen MR) is 114 cm³/mol. The Balaban J connectivity index is 1.81. The van der Waals surface area contributed by atoms with Gasteiger partial charge >= 0.3 is 0 Å². The monoisotopic (exact) mass is 441 g/mol. The highest BCUT2D eigenvalue weighted by atomic mass is 16.7. The minimum Gasteiger partial charge on any atom is -0.394 e. The summed E-state index contributed by atoms with van der Waals surface area (Å²) in [6.45, 7) is 7.63. The Kier molecular flexibility index (Phi) is 7.82. The number of allylic oxidation sites excluding steroid dienone is 1. The van der Waals surface area contributed by atoms with Gasteiger partial charge in [-0.15, -0.1) is 0 Å². The molecule has 1 heterocycles. The van der Waals surface area contributed by atoms with Gasteiger partial charge in [-0.3, -0.25) is 4.79 Å². The van der Waals surface area contributed by atoms with E-state index in [2.05, 4.69) is 26.1 Å². The third-order valence-electron chi connectivity index (χ3n) is 7.40. The van der Waals surface area contributed by atoms with E-state index < -0.39 is 43.2 Å². The number of aliphatic hydroxyl groups is 4. The molecule has 0 spiro atoms. The summed E-state index contributed by atoms with van der Waals surface area (Å²) >= 11 is 0. The molecule has 3 aliphatic rings. The Morgan fingerprint density at radius 3 is 2.55 bits per heavy atom. The summed E-state index contributed by atoms with van der Waals surface area (Å²) in [7, 11) is 0. The SMILES string of the molecule is CC(=O)N[C@H]1[C@@H](OC/C(CO)=C2\CC(C)(C)C[C@@H]3[C@@H]2CC[C@@H]3C)O[C@H](CO)[C@@H](O)[C@@H]1O. The number of ether oxygens (including phenoxy) is 2. The highest BCUT2D eigenvalue weighted by molar-refractivity contribution is 5.73. The van der Waals surface area contributed by atoms with E-state index in [1.807, 2.05) is 0 Å². The van der Waals surface area contributed by atoms with Crippen LogP contribution in [0, 0.1) is 23.2 Å². The number of amides is 1. The topological polar surface area (TPSA) is 128 Å². The Bertz CT molecular complexity index is 679. The van der Waals surface area contributed by atoms with Crippen LogP contribution < -0.4 is 5.32 Å². The molecule has 2 aliphatic carbocycles.